The maximum atomic E-state index is 5.38. The van der Waals surface area contributed by atoms with Gasteiger partial charge in [-0.25, -0.2) is 9.97 Å². The van der Waals surface area contributed by atoms with E-state index in [9.17, 15) is 0 Å². The molecule has 0 unspecified atom stereocenters. The van der Waals surface area contributed by atoms with Crippen LogP contribution in [-0.2, 0) is 4.74 Å². The summed E-state index contributed by atoms with van der Waals surface area (Å²) in [6.45, 7) is 7.49. The summed E-state index contributed by atoms with van der Waals surface area (Å²) in [5.74, 6) is 0.833. The molecule has 0 bridgehead atoms. The standard InChI is InChI=1S/C14H17N3O.H3N/c1-10-13-4-3-12(17-5-7-18-8-6-17)9-14(13)16-11(2)15-10;/h3-4,9H,5-8H2,1-2H3;1H3. The van der Waals surface area contributed by atoms with Gasteiger partial charge in [-0.15, -0.1) is 0 Å². The van der Waals surface area contributed by atoms with Gasteiger partial charge in [0.15, 0.2) is 0 Å². The Morgan fingerprint density at radius 2 is 1.84 bits per heavy atom. The summed E-state index contributed by atoms with van der Waals surface area (Å²) in [5, 5.41) is 1.14. The van der Waals surface area contributed by atoms with Crippen molar-refractivity contribution >= 4 is 16.6 Å². The first-order valence-electron chi connectivity index (χ1n) is 6.32. The summed E-state index contributed by atoms with van der Waals surface area (Å²) in [7, 11) is 0. The molecule has 0 atom stereocenters. The van der Waals surface area contributed by atoms with Gasteiger partial charge >= 0.3 is 0 Å². The average Bonchev–Trinajstić information content (AvgIpc) is 2.39. The van der Waals surface area contributed by atoms with E-state index in [4.69, 9.17) is 4.74 Å². The predicted octanol–water partition coefficient (Wildman–Crippen LogP) is 2.25. The van der Waals surface area contributed by atoms with Crippen molar-refractivity contribution in [1.29, 1.82) is 0 Å². The molecule has 2 heterocycles. The van der Waals surface area contributed by atoms with Gasteiger partial charge in [0.1, 0.15) is 5.82 Å². The van der Waals surface area contributed by atoms with E-state index < -0.39 is 0 Å². The predicted molar refractivity (Wildman–Crippen MR) is 77.1 cm³/mol. The van der Waals surface area contributed by atoms with Gasteiger partial charge in [-0.2, -0.15) is 0 Å². The van der Waals surface area contributed by atoms with Gasteiger partial charge in [-0.3, -0.25) is 0 Å². The molecule has 3 rings (SSSR count). The summed E-state index contributed by atoms with van der Waals surface area (Å²) in [6.07, 6.45) is 0. The fourth-order valence-electron chi connectivity index (χ4n) is 2.44. The number of ether oxygens (including phenoxy) is 1. The second-order valence-electron chi connectivity index (χ2n) is 4.66. The molecule has 1 saturated heterocycles. The van der Waals surface area contributed by atoms with Crippen LogP contribution in [-0.4, -0.2) is 36.3 Å². The van der Waals surface area contributed by atoms with Gasteiger partial charge in [0.25, 0.3) is 0 Å². The third-order valence-electron chi connectivity index (χ3n) is 3.36. The molecule has 1 aromatic heterocycles. The zero-order valence-electron chi connectivity index (χ0n) is 11.5. The normalized spacial score (nSPS) is 15.4. The molecule has 0 spiro atoms. The number of hydrogen-bond acceptors (Lipinski definition) is 5. The van der Waals surface area contributed by atoms with Crippen LogP contribution in [0, 0.1) is 13.8 Å². The van der Waals surface area contributed by atoms with Crippen molar-refractivity contribution < 1.29 is 4.74 Å². The van der Waals surface area contributed by atoms with Crippen LogP contribution in [0.2, 0.25) is 0 Å². The lowest BCUT2D eigenvalue weighted by atomic mass is 10.1. The molecule has 0 saturated carbocycles. The van der Waals surface area contributed by atoms with Crippen LogP contribution in [0.1, 0.15) is 11.5 Å². The van der Waals surface area contributed by atoms with E-state index in [-0.39, 0.29) is 6.15 Å². The topological polar surface area (TPSA) is 73.2 Å². The van der Waals surface area contributed by atoms with Crippen LogP contribution in [0.4, 0.5) is 5.69 Å². The highest BCUT2D eigenvalue weighted by Crippen LogP contribution is 2.23. The second kappa shape index (κ2) is 5.50. The van der Waals surface area contributed by atoms with Gasteiger partial charge in [-0.1, -0.05) is 0 Å². The van der Waals surface area contributed by atoms with E-state index in [1.54, 1.807) is 0 Å². The lowest BCUT2D eigenvalue weighted by molar-refractivity contribution is 0.122. The Balaban J connectivity index is 0.00000133. The lowest BCUT2D eigenvalue weighted by Crippen LogP contribution is -2.36. The molecule has 1 aliphatic heterocycles. The first-order chi connectivity index (χ1) is 8.74. The molecule has 0 radical (unpaired) electrons. The Morgan fingerprint density at radius 3 is 2.58 bits per heavy atom. The fraction of sp³-hybridized carbons (Fsp3) is 0.429. The summed E-state index contributed by atoms with van der Waals surface area (Å²) in [5.41, 5.74) is 3.30. The second-order valence-corrected chi connectivity index (χ2v) is 4.66. The maximum Gasteiger partial charge on any atom is 0.126 e. The van der Waals surface area contributed by atoms with E-state index in [0.29, 0.717) is 0 Å². The van der Waals surface area contributed by atoms with Crippen molar-refractivity contribution in [2.45, 2.75) is 13.8 Å². The molecule has 1 aromatic carbocycles. The van der Waals surface area contributed by atoms with Crippen molar-refractivity contribution in [3.63, 3.8) is 0 Å². The number of morpholine rings is 1. The van der Waals surface area contributed by atoms with Crippen molar-refractivity contribution in [2.24, 2.45) is 0 Å². The van der Waals surface area contributed by atoms with Gasteiger partial charge in [0, 0.05) is 29.9 Å². The quantitative estimate of drug-likeness (QED) is 0.851. The Hall–Kier alpha value is -1.72. The zero-order valence-corrected chi connectivity index (χ0v) is 11.5. The van der Waals surface area contributed by atoms with Gasteiger partial charge in [0.2, 0.25) is 0 Å². The third kappa shape index (κ3) is 2.67. The first kappa shape index (κ1) is 13.7. The highest BCUT2D eigenvalue weighted by molar-refractivity contribution is 5.84. The van der Waals surface area contributed by atoms with Gasteiger partial charge in [-0.05, 0) is 32.0 Å². The Morgan fingerprint density at radius 1 is 1.11 bits per heavy atom. The molecule has 1 aliphatic rings. The Kier molecular flexibility index (Phi) is 3.97. The fourth-order valence-corrected chi connectivity index (χ4v) is 2.44. The highest BCUT2D eigenvalue weighted by Gasteiger charge is 2.12. The van der Waals surface area contributed by atoms with Crippen LogP contribution in [0.25, 0.3) is 10.9 Å². The molecule has 1 fully saturated rings. The van der Waals surface area contributed by atoms with E-state index in [1.165, 1.54) is 5.69 Å². The molecule has 5 heteroatoms. The highest BCUT2D eigenvalue weighted by atomic mass is 16.5. The van der Waals surface area contributed by atoms with E-state index in [2.05, 4.69) is 33.1 Å². The molecule has 5 nitrogen and oxygen atoms in total. The minimum absolute atomic E-state index is 0. The van der Waals surface area contributed by atoms with Crippen molar-refractivity contribution in [2.75, 3.05) is 31.2 Å². The molecule has 19 heavy (non-hydrogen) atoms. The third-order valence-corrected chi connectivity index (χ3v) is 3.36. The lowest BCUT2D eigenvalue weighted by Gasteiger charge is -2.29. The summed E-state index contributed by atoms with van der Waals surface area (Å²) in [4.78, 5) is 11.3. The number of anilines is 1. The van der Waals surface area contributed by atoms with E-state index in [0.717, 1.165) is 48.7 Å². The zero-order chi connectivity index (χ0) is 12.5. The van der Waals surface area contributed by atoms with E-state index >= 15 is 0 Å². The molecule has 2 aromatic rings. The molecule has 0 aliphatic carbocycles. The summed E-state index contributed by atoms with van der Waals surface area (Å²) in [6, 6.07) is 6.43. The van der Waals surface area contributed by atoms with Crippen LogP contribution in [0.5, 0.6) is 0 Å². The average molecular weight is 260 g/mol. The number of fused-ring (bicyclic) bond motifs is 1. The van der Waals surface area contributed by atoms with Crippen LogP contribution >= 0.6 is 0 Å². The Labute approximate surface area is 113 Å². The number of hydrogen-bond donors (Lipinski definition) is 1. The SMILES string of the molecule is Cc1nc(C)c2ccc(N3CCOCC3)cc2n1.N. The van der Waals surface area contributed by atoms with Crippen LogP contribution in [0.3, 0.4) is 0 Å². The van der Waals surface area contributed by atoms with E-state index in [1.807, 2.05) is 13.8 Å². The molecule has 3 N–H and O–H groups in total. The van der Waals surface area contributed by atoms with Gasteiger partial charge < -0.3 is 15.8 Å². The largest absolute Gasteiger partial charge is 0.378 e. The number of rotatable bonds is 1. The molecule has 102 valence electrons. The molecular formula is C14H20N4O. The number of aryl methyl sites for hydroxylation is 2. The van der Waals surface area contributed by atoms with Crippen LogP contribution in [0.15, 0.2) is 18.2 Å². The van der Waals surface area contributed by atoms with Crippen molar-refractivity contribution in [1.82, 2.24) is 16.1 Å². The molecular weight excluding hydrogens is 240 g/mol. The smallest absolute Gasteiger partial charge is 0.126 e. The van der Waals surface area contributed by atoms with Crippen molar-refractivity contribution in [3.05, 3.63) is 29.7 Å². The first-order valence-corrected chi connectivity index (χ1v) is 6.32. The molecule has 0 amide bonds. The van der Waals surface area contributed by atoms with Crippen LogP contribution < -0.4 is 11.1 Å². The summed E-state index contributed by atoms with van der Waals surface area (Å²) >= 11 is 0. The maximum absolute atomic E-state index is 5.38. The number of nitrogens with zero attached hydrogens (tertiary/aromatic N) is 3. The van der Waals surface area contributed by atoms with Gasteiger partial charge in [0.05, 0.1) is 18.7 Å². The summed E-state index contributed by atoms with van der Waals surface area (Å²) < 4.78 is 5.38. The minimum Gasteiger partial charge on any atom is -0.378 e. The van der Waals surface area contributed by atoms with Crippen molar-refractivity contribution in [3.8, 4) is 0 Å². The Bertz CT molecular complexity index is 579. The number of benzene rings is 1. The monoisotopic (exact) mass is 260 g/mol. The minimum atomic E-state index is 0. The number of aromatic nitrogens is 2.